The average Bonchev–Trinajstić information content (AvgIpc) is 3.89. The lowest BCUT2D eigenvalue weighted by Gasteiger charge is -2.28. The van der Waals surface area contributed by atoms with Crippen molar-refractivity contribution >= 4 is 34.5 Å². The van der Waals surface area contributed by atoms with Crippen LogP contribution >= 0.6 is 0 Å². The van der Waals surface area contributed by atoms with E-state index in [4.69, 9.17) is 9.84 Å². The number of fused-ring (bicyclic) bond motifs is 1. The summed E-state index contributed by atoms with van der Waals surface area (Å²) in [6.07, 6.45) is 6.96. The van der Waals surface area contributed by atoms with E-state index >= 15 is 0 Å². The third-order valence-electron chi connectivity index (χ3n) is 8.77. The largest absolute Gasteiger partial charge is 0.475 e. The van der Waals surface area contributed by atoms with Crippen LogP contribution in [0.5, 0.6) is 5.88 Å². The molecule has 1 fully saturated rings. The number of hydrogen-bond donors (Lipinski definition) is 4. The number of aliphatic hydroxyl groups excluding tert-OH is 2. The molecule has 5 heterocycles. The number of aromatic nitrogens is 6. The minimum absolute atomic E-state index is 0.0577. The Kier molecular flexibility index (Phi) is 11.6. The lowest BCUT2D eigenvalue weighted by molar-refractivity contribution is -0.131. The average molecular weight is 712 g/mol. The molecule has 272 valence electrons. The lowest BCUT2D eigenvalue weighted by atomic mass is 9.98. The predicted molar refractivity (Wildman–Crippen MR) is 194 cm³/mol. The number of ether oxygens (including phenoxy) is 1. The fraction of sp³-hybridized carbons (Fsp3) is 0.351. The van der Waals surface area contributed by atoms with Gasteiger partial charge in [-0.15, -0.1) is 0 Å². The Bertz CT molecular complexity index is 2030. The highest BCUT2D eigenvalue weighted by molar-refractivity contribution is 5.95. The van der Waals surface area contributed by atoms with Gasteiger partial charge in [0.25, 0.3) is 0 Å². The fourth-order valence-corrected chi connectivity index (χ4v) is 6.15. The summed E-state index contributed by atoms with van der Waals surface area (Å²) in [5, 5.41) is 33.6. The van der Waals surface area contributed by atoms with E-state index in [0.29, 0.717) is 57.0 Å². The van der Waals surface area contributed by atoms with E-state index in [1.165, 1.54) is 17.1 Å². The summed E-state index contributed by atoms with van der Waals surface area (Å²) in [4.78, 5) is 35.2. The van der Waals surface area contributed by atoms with Crippen molar-refractivity contribution in [1.82, 2.24) is 39.7 Å². The topological polar surface area (TPSA) is 175 Å². The number of hydrogen-bond acceptors (Lipinski definition) is 10. The Balaban J connectivity index is 0.000000187. The smallest absolute Gasteiger partial charge is 0.237 e. The molecule has 1 saturated heterocycles. The first-order chi connectivity index (χ1) is 25.2. The van der Waals surface area contributed by atoms with Crippen LogP contribution in [0.2, 0.25) is 0 Å². The minimum Gasteiger partial charge on any atom is -0.475 e. The van der Waals surface area contributed by atoms with Gasteiger partial charge in [-0.05, 0) is 74.2 Å². The summed E-state index contributed by atoms with van der Waals surface area (Å²) in [5.41, 5.74) is 5.41. The van der Waals surface area contributed by atoms with Crippen LogP contribution in [0, 0.1) is 5.82 Å². The molecule has 52 heavy (non-hydrogen) atoms. The maximum absolute atomic E-state index is 14.7. The number of aliphatic hydroxyl groups is 2. The number of anilines is 1. The molecule has 15 heteroatoms. The summed E-state index contributed by atoms with van der Waals surface area (Å²) in [5.74, 6) is 0.530. The molecule has 4 N–H and O–H groups in total. The molecule has 7 rings (SSSR count). The Morgan fingerprint density at radius 3 is 2.65 bits per heavy atom. The number of aromatic amines is 1. The Hall–Kier alpha value is -5.51. The number of pyridine rings is 1. The van der Waals surface area contributed by atoms with Crippen molar-refractivity contribution in [2.45, 2.75) is 45.4 Å². The van der Waals surface area contributed by atoms with Crippen LogP contribution in [0.15, 0.2) is 67.1 Å². The second-order valence-corrected chi connectivity index (χ2v) is 12.9. The number of carbonyl (C=O) groups excluding carboxylic acids is 2. The lowest BCUT2D eigenvalue weighted by Crippen LogP contribution is -2.41. The summed E-state index contributed by atoms with van der Waals surface area (Å²) in [7, 11) is 0. The first-order valence-corrected chi connectivity index (χ1v) is 17.2. The van der Waals surface area contributed by atoms with Gasteiger partial charge in [-0.2, -0.15) is 10.2 Å². The zero-order valence-electron chi connectivity index (χ0n) is 29.1. The summed E-state index contributed by atoms with van der Waals surface area (Å²) < 4.78 is 21.7. The second kappa shape index (κ2) is 16.7. The van der Waals surface area contributed by atoms with Gasteiger partial charge in [0.1, 0.15) is 17.8 Å². The number of amides is 2. The van der Waals surface area contributed by atoms with Crippen LogP contribution in [0.4, 0.5) is 10.1 Å². The first-order valence-electron chi connectivity index (χ1n) is 17.2. The SMILES string of the molecule is CC(C)Oc1ccc(-c2n[nH]c3ccc(NC=O)cc23)cn1.O=C(CN1CC[C@H](O)C1)N1CC=C(c2ccc(-c3ncn(CCO)n3)c(F)c2)CC1. The van der Waals surface area contributed by atoms with Gasteiger partial charge in [0, 0.05) is 55.1 Å². The normalized spacial score (nSPS) is 16.1. The highest BCUT2D eigenvalue weighted by Crippen LogP contribution is 2.30. The van der Waals surface area contributed by atoms with E-state index in [2.05, 4.69) is 30.6 Å². The quantitative estimate of drug-likeness (QED) is 0.148. The standard InChI is InChI=1S/C21H26FN5O3.C16H16N4O2/c22-19-11-16(1-2-18(19)21-23-14-27(24-21)9-10-28)15-3-7-26(8-4-15)20(30)13-25-6-5-17(29)12-25;1-10(2)22-15-6-3-11(8-17-15)16-13-7-12(18-9-21)4-5-14(13)19-20-16/h1-3,11,14,17,28-29H,4-10,12-13H2;3-10H,1-2H3,(H,18,21)(H,19,20)/t17-;/m0./s1. The van der Waals surface area contributed by atoms with E-state index < -0.39 is 5.82 Å². The molecule has 2 aliphatic heterocycles. The number of β-amino-alcohol motifs (C(OH)–C–C–N with tert-alkyl or cyclic N) is 1. The number of likely N-dealkylation sites (tertiary alicyclic amines) is 1. The van der Waals surface area contributed by atoms with Gasteiger partial charge < -0.3 is 25.2 Å². The van der Waals surface area contributed by atoms with Gasteiger partial charge in [-0.1, -0.05) is 12.1 Å². The molecule has 1 atom stereocenters. The summed E-state index contributed by atoms with van der Waals surface area (Å²) >= 11 is 0. The monoisotopic (exact) mass is 711 g/mol. The van der Waals surface area contributed by atoms with Gasteiger partial charge in [-0.25, -0.2) is 14.4 Å². The Morgan fingerprint density at radius 2 is 1.98 bits per heavy atom. The number of carbonyl (C=O) groups is 2. The van der Waals surface area contributed by atoms with E-state index in [1.807, 2.05) is 61.2 Å². The molecule has 3 aromatic heterocycles. The van der Waals surface area contributed by atoms with E-state index in [-0.39, 0.29) is 30.5 Å². The molecule has 14 nitrogen and oxygen atoms in total. The third-order valence-corrected chi connectivity index (χ3v) is 8.77. The molecule has 0 unspecified atom stereocenters. The van der Waals surface area contributed by atoms with Gasteiger partial charge in [0.2, 0.25) is 18.2 Å². The molecule has 2 aromatic carbocycles. The van der Waals surface area contributed by atoms with Crippen molar-refractivity contribution in [3.05, 3.63) is 78.5 Å². The van der Waals surface area contributed by atoms with Crippen molar-refractivity contribution in [3.63, 3.8) is 0 Å². The molecule has 0 spiro atoms. The Labute approximate surface area is 299 Å². The summed E-state index contributed by atoms with van der Waals surface area (Å²) in [6.45, 7) is 6.90. The van der Waals surface area contributed by atoms with E-state index in [9.17, 15) is 19.1 Å². The van der Waals surface area contributed by atoms with Gasteiger partial charge in [-0.3, -0.25) is 24.3 Å². The van der Waals surface area contributed by atoms with Crippen LogP contribution in [-0.2, 0) is 16.1 Å². The molecule has 5 aromatic rings. The van der Waals surface area contributed by atoms with Gasteiger partial charge in [0.05, 0.1) is 43.0 Å². The van der Waals surface area contributed by atoms with Crippen LogP contribution in [0.1, 0.15) is 32.3 Å². The molecule has 0 saturated carbocycles. The second-order valence-electron chi connectivity index (χ2n) is 12.9. The van der Waals surface area contributed by atoms with Crippen molar-refractivity contribution in [1.29, 1.82) is 0 Å². The predicted octanol–water partition coefficient (Wildman–Crippen LogP) is 3.74. The highest BCUT2D eigenvalue weighted by Gasteiger charge is 2.25. The van der Waals surface area contributed by atoms with Crippen LogP contribution in [0.3, 0.4) is 0 Å². The Morgan fingerprint density at radius 1 is 1.13 bits per heavy atom. The zero-order valence-corrected chi connectivity index (χ0v) is 29.1. The number of rotatable bonds is 11. The van der Waals surface area contributed by atoms with Crippen molar-refractivity contribution in [2.75, 3.05) is 44.6 Å². The molecule has 0 radical (unpaired) electrons. The molecular formula is C37H42FN9O5. The van der Waals surface area contributed by atoms with Crippen LogP contribution in [0.25, 0.3) is 39.1 Å². The minimum atomic E-state index is -0.402. The highest BCUT2D eigenvalue weighted by atomic mass is 19.1. The summed E-state index contributed by atoms with van der Waals surface area (Å²) in [6, 6.07) is 14.3. The number of benzene rings is 2. The number of halogens is 1. The van der Waals surface area contributed by atoms with Crippen molar-refractivity contribution in [2.24, 2.45) is 0 Å². The third kappa shape index (κ3) is 8.85. The molecule has 0 aliphatic carbocycles. The van der Waals surface area contributed by atoms with Crippen LogP contribution in [-0.4, -0.2) is 114 Å². The van der Waals surface area contributed by atoms with Gasteiger partial charge in [0.15, 0.2) is 5.82 Å². The van der Waals surface area contributed by atoms with Crippen molar-refractivity contribution < 1.29 is 28.9 Å². The zero-order chi connectivity index (χ0) is 36.6. The number of nitrogens with zero attached hydrogens (tertiary/aromatic N) is 7. The fourth-order valence-electron chi connectivity index (χ4n) is 6.15. The maximum atomic E-state index is 14.7. The van der Waals surface area contributed by atoms with Crippen LogP contribution < -0.4 is 10.1 Å². The van der Waals surface area contributed by atoms with Crippen molar-refractivity contribution in [3.8, 4) is 28.5 Å². The molecular weight excluding hydrogens is 669 g/mol. The molecule has 2 aliphatic rings. The number of nitrogens with one attached hydrogen (secondary N) is 2. The number of H-pyrrole nitrogens is 1. The molecule has 2 amide bonds. The van der Waals surface area contributed by atoms with Gasteiger partial charge >= 0.3 is 0 Å². The first kappa shape index (κ1) is 36.3. The molecule has 0 bridgehead atoms. The van der Waals surface area contributed by atoms with E-state index in [0.717, 1.165) is 51.9 Å². The van der Waals surface area contributed by atoms with E-state index in [1.54, 1.807) is 17.2 Å². The maximum Gasteiger partial charge on any atom is 0.237 e.